The van der Waals surface area contributed by atoms with E-state index in [1.165, 1.54) is 0 Å². The summed E-state index contributed by atoms with van der Waals surface area (Å²) in [5, 5.41) is 0. The van der Waals surface area contributed by atoms with Crippen molar-refractivity contribution in [2.75, 3.05) is 13.2 Å². The summed E-state index contributed by atoms with van der Waals surface area (Å²) in [5.41, 5.74) is 8.11. The molecule has 1 atom stereocenters. The standard InChI is InChI=1S/C20H24N2O2/c1-20(2)14-24-18(16-6-4-3-5-7-16)13-22(20)19(23)17-10-8-15(12-21)9-11-17/h3-11,18H,12-14,21H2,1-2H3. The molecule has 0 spiro atoms. The highest BCUT2D eigenvalue weighted by Crippen LogP contribution is 2.31. The number of hydrogen-bond donors (Lipinski definition) is 1. The normalized spacial score (nSPS) is 20.0. The molecule has 1 aliphatic rings. The average molecular weight is 324 g/mol. The molecule has 0 aliphatic carbocycles. The maximum Gasteiger partial charge on any atom is 0.254 e. The van der Waals surface area contributed by atoms with Gasteiger partial charge in [-0.1, -0.05) is 42.5 Å². The van der Waals surface area contributed by atoms with Crippen molar-refractivity contribution in [3.05, 3.63) is 71.3 Å². The second-order valence-electron chi connectivity index (χ2n) is 6.84. The summed E-state index contributed by atoms with van der Waals surface area (Å²) in [6, 6.07) is 17.6. The molecule has 1 fully saturated rings. The van der Waals surface area contributed by atoms with Gasteiger partial charge in [-0.25, -0.2) is 0 Å². The van der Waals surface area contributed by atoms with E-state index in [-0.39, 0.29) is 17.6 Å². The molecule has 3 rings (SSSR count). The second kappa shape index (κ2) is 6.75. The van der Waals surface area contributed by atoms with E-state index in [4.69, 9.17) is 10.5 Å². The van der Waals surface area contributed by atoms with Crippen LogP contribution >= 0.6 is 0 Å². The Morgan fingerprint density at radius 2 is 1.83 bits per heavy atom. The molecule has 1 saturated heterocycles. The van der Waals surface area contributed by atoms with Gasteiger partial charge in [-0.15, -0.1) is 0 Å². The fourth-order valence-electron chi connectivity index (χ4n) is 3.01. The molecule has 0 radical (unpaired) electrons. The minimum atomic E-state index is -0.338. The highest BCUT2D eigenvalue weighted by molar-refractivity contribution is 5.94. The molecule has 2 aromatic rings. The van der Waals surface area contributed by atoms with E-state index in [0.717, 1.165) is 11.1 Å². The van der Waals surface area contributed by atoms with Crippen molar-refractivity contribution in [3.8, 4) is 0 Å². The van der Waals surface area contributed by atoms with E-state index in [0.29, 0.717) is 25.3 Å². The van der Waals surface area contributed by atoms with Gasteiger partial charge >= 0.3 is 0 Å². The monoisotopic (exact) mass is 324 g/mol. The molecule has 1 heterocycles. The zero-order valence-electron chi connectivity index (χ0n) is 14.2. The third kappa shape index (κ3) is 3.35. The fourth-order valence-corrected chi connectivity index (χ4v) is 3.01. The van der Waals surface area contributed by atoms with E-state index >= 15 is 0 Å². The Hall–Kier alpha value is -2.17. The Kier molecular flexibility index (Phi) is 4.69. The number of hydrogen-bond acceptors (Lipinski definition) is 3. The van der Waals surface area contributed by atoms with E-state index in [1.807, 2.05) is 73.3 Å². The number of benzene rings is 2. The summed E-state index contributed by atoms with van der Waals surface area (Å²) in [7, 11) is 0. The lowest BCUT2D eigenvalue weighted by Gasteiger charge is -2.45. The predicted octanol–water partition coefficient (Wildman–Crippen LogP) is 3.14. The van der Waals surface area contributed by atoms with Gasteiger partial charge in [-0.05, 0) is 37.1 Å². The van der Waals surface area contributed by atoms with Gasteiger partial charge in [-0.2, -0.15) is 0 Å². The Morgan fingerprint density at radius 1 is 1.17 bits per heavy atom. The summed E-state index contributed by atoms with van der Waals surface area (Å²) in [6.07, 6.45) is -0.0912. The van der Waals surface area contributed by atoms with Crippen molar-refractivity contribution in [1.29, 1.82) is 0 Å². The zero-order valence-corrected chi connectivity index (χ0v) is 14.2. The van der Waals surface area contributed by atoms with Gasteiger partial charge in [0.25, 0.3) is 5.91 Å². The summed E-state index contributed by atoms with van der Waals surface area (Å²) >= 11 is 0. The minimum absolute atomic E-state index is 0.0350. The van der Waals surface area contributed by atoms with Crippen LogP contribution < -0.4 is 5.73 Å². The highest BCUT2D eigenvalue weighted by Gasteiger charge is 2.38. The largest absolute Gasteiger partial charge is 0.369 e. The van der Waals surface area contributed by atoms with Gasteiger partial charge in [-0.3, -0.25) is 4.79 Å². The Labute approximate surface area is 143 Å². The molecule has 1 unspecified atom stereocenters. The van der Waals surface area contributed by atoms with Gasteiger partial charge in [0, 0.05) is 12.1 Å². The minimum Gasteiger partial charge on any atom is -0.369 e. The van der Waals surface area contributed by atoms with Gasteiger partial charge in [0.2, 0.25) is 0 Å². The highest BCUT2D eigenvalue weighted by atomic mass is 16.5. The number of carbonyl (C=O) groups is 1. The quantitative estimate of drug-likeness (QED) is 0.943. The van der Waals surface area contributed by atoms with Crippen LogP contribution in [0.3, 0.4) is 0 Å². The summed E-state index contributed by atoms with van der Waals surface area (Å²) in [6.45, 7) is 5.63. The van der Waals surface area contributed by atoms with Crippen molar-refractivity contribution in [2.24, 2.45) is 5.73 Å². The van der Waals surface area contributed by atoms with Gasteiger partial charge in [0.05, 0.1) is 18.7 Å². The molecule has 0 bridgehead atoms. The van der Waals surface area contributed by atoms with Crippen LogP contribution in [-0.2, 0) is 11.3 Å². The molecule has 24 heavy (non-hydrogen) atoms. The molecule has 1 aliphatic heterocycles. The molecule has 1 amide bonds. The Balaban J connectivity index is 1.83. The number of carbonyl (C=O) groups excluding carboxylic acids is 1. The van der Waals surface area contributed by atoms with Gasteiger partial charge in [0.15, 0.2) is 0 Å². The van der Waals surface area contributed by atoms with Crippen LogP contribution in [-0.4, -0.2) is 29.5 Å². The number of morpholine rings is 1. The summed E-state index contributed by atoms with van der Waals surface area (Å²) in [5.74, 6) is 0.0350. The lowest BCUT2D eigenvalue weighted by atomic mass is 9.96. The molecule has 2 N–H and O–H groups in total. The first-order chi connectivity index (χ1) is 11.5. The van der Waals surface area contributed by atoms with E-state index in [2.05, 4.69) is 0 Å². The maximum absolute atomic E-state index is 13.0. The Bertz CT molecular complexity index is 695. The topological polar surface area (TPSA) is 55.6 Å². The Morgan fingerprint density at radius 3 is 2.46 bits per heavy atom. The zero-order chi connectivity index (χ0) is 17.2. The van der Waals surface area contributed by atoms with Crippen LogP contribution in [0.25, 0.3) is 0 Å². The van der Waals surface area contributed by atoms with Crippen molar-refractivity contribution in [3.63, 3.8) is 0 Å². The van der Waals surface area contributed by atoms with Crippen LogP contribution in [0.1, 0.15) is 41.4 Å². The van der Waals surface area contributed by atoms with Gasteiger partial charge < -0.3 is 15.4 Å². The lowest BCUT2D eigenvalue weighted by Crippen LogP contribution is -2.56. The number of nitrogens with zero attached hydrogens (tertiary/aromatic N) is 1. The van der Waals surface area contributed by atoms with E-state index in [9.17, 15) is 4.79 Å². The first kappa shape index (κ1) is 16.7. The molecule has 0 aromatic heterocycles. The van der Waals surface area contributed by atoms with Crippen molar-refractivity contribution >= 4 is 5.91 Å². The van der Waals surface area contributed by atoms with Crippen LogP contribution in [0.5, 0.6) is 0 Å². The van der Waals surface area contributed by atoms with E-state index in [1.54, 1.807) is 0 Å². The van der Waals surface area contributed by atoms with Crippen LogP contribution in [0, 0.1) is 0 Å². The second-order valence-corrected chi connectivity index (χ2v) is 6.84. The number of ether oxygens (including phenoxy) is 1. The molecule has 126 valence electrons. The molecule has 4 nitrogen and oxygen atoms in total. The van der Waals surface area contributed by atoms with Gasteiger partial charge in [0.1, 0.15) is 6.10 Å². The molecule has 0 saturated carbocycles. The molecular formula is C20H24N2O2. The number of nitrogens with two attached hydrogens (primary N) is 1. The first-order valence-electron chi connectivity index (χ1n) is 8.29. The average Bonchev–Trinajstić information content (AvgIpc) is 2.62. The van der Waals surface area contributed by atoms with Crippen LogP contribution in [0.4, 0.5) is 0 Å². The summed E-state index contributed by atoms with van der Waals surface area (Å²) in [4.78, 5) is 15.0. The van der Waals surface area contributed by atoms with E-state index < -0.39 is 0 Å². The molecule has 2 aromatic carbocycles. The van der Waals surface area contributed by atoms with Crippen LogP contribution in [0.15, 0.2) is 54.6 Å². The maximum atomic E-state index is 13.0. The predicted molar refractivity (Wildman–Crippen MR) is 94.6 cm³/mol. The lowest BCUT2D eigenvalue weighted by molar-refractivity contribution is -0.0846. The third-order valence-corrected chi connectivity index (χ3v) is 4.57. The fraction of sp³-hybridized carbons (Fsp3) is 0.350. The number of rotatable bonds is 3. The van der Waals surface area contributed by atoms with Crippen molar-refractivity contribution < 1.29 is 9.53 Å². The molecular weight excluding hydrogens is 300 g/mol. The molecule has 4 heteroatoms. The van der Waals surface area contributed by atoms with Crippen LogP contribution in [0.2, 0.25) is 0 Å². The smallest absolute Gasteiger partial charge is 0.254 e. The SMILES string of the molecule is CC1(C)COC(c2ccccc2)CN1C(=O)c1ccc(CN)cc1. The number of amides is 1. The third-order valence-electron chi connectivity index (χ3n) is 4.57. The summed E-state index contributed by atoms with van der Waals surface area (Å²) < 4.78 is 6.02. The first-order valence-corrected chi connectivity index (χ1v) is 8.29. The van der Waals surface area contributed by atoms with Crippen molar-refractivity contribution in [1.82, 2.24) is 4.90 Å². The van der Waals surface area contributed by atoms with Crippen molar-refractivity contribution in [2.45, 2.75) is 32.0 Å².